The van der Waals surface area contributed by atoms with E-state index in [1.807, 2.05) is 18.3 Å². The van der Waals surface area contributed by atoms with Crippen molar-refractivity contribution < 1.29 is 5.11 Å². The SMILES string of the molecule is OC(Cc1cccnc1)CC1Cc2ccccc21. The van der Waals surface area contributed by atoms with Crippen LogP contribution in [0, 0.1) is 0 Å². The maximum absolute atomic E-state index is 10.1. The molecule has 2 unspecified atom stereocenters. The summed E-state index contributed by atoms with van der Waals surface area (Å²) >= 11 is 0. The van der Waals surface area contributed by atoms with Gasteiger partial charge >= 0.3 is 0 Å². The summed E-state index contributed by atoms with van der Waals surface area (Å²) < 4.78 is 0. The van der Waals surface area contributed by atoms with Crippen molar-refractivity contribution in [3.05, 3.63) is 65.5 Å². The standard InChI is InChI=1S/C16H17NO/c18-15(8-12-4-3-7-17-11-12)10-14-9-13-5-1-2-6-16(13)14/h1-7,11,14-15,18H,8-10H2. The van der Waals surface area contributed by atoms with E-state index in [2.05, 4.69) is 29.2 Å². The highest BCUT2D eigenvalue weighted by Gasteiger charge is 2.27. The highest BCUT2D eigenvalue weighted by atomic mass is 16.3. The molecule has 0 saturated carbocycles. The summed E-state index contributed by atoms with van der Waals surface area (Å²) in [5.74, 6) is 0.535. The Morgan fingerprint density at radius 1 is 1.22 bits per heavy atom. The van der Waals surface area contributed by atoms with Gasteiger partial charge in [0, 0.05) is 12.4 Å². The van der Waals surface area contributed by atoms with Crippen molar-refractivity contribution in [2.45, 2.75) is 31.3 Å². The van der Waals surface area contributed by atoms with Gasteiger partial charge in [-0.15, -0.1) is 0 Å². The first-order valence-corrected chi connectivity index (χ1v) is 6.47. The molecule has 1 aliphatic carbocycles. The minimum Gasteiger partial charge on any atom is -0.393 e. The molecule has 2 nitrogen and oxygen atoms in total. The number of aliphatic hydroxyl groups excluding tert-OH is 1. The largest absolute Gasteiger partial charge is 0.393 e. The second-order valence-electron chi connectivity index (χ2n) is 5.05. The van der Waals surface area contributed by atoms with Gasteiger partial charge in [0.15, 0.2) is 0 Å². The van der Waals surface area contributed by atoms with E-state index in [4.69, 9.17) is 0 Å². The Labute approximate surface area is 107 Å². The molecule has 0 bridgehead atoms. The lowest BCUT2D eigenvalue weighted by Crippen LogP contribution is -2.23. The molecule has 92 valence electrons. The van der Waals surface area contributed by atoms with Crippen LogP contribution in [0.15, 0.2) is 48.8 Å². The number of aliphatic hydroxyl groups is 1. The number of nitrogens with zero attached hydrogens (tertiary/aromatic N) is 1. The third kappa shape index (κ3) is 2.29. The normalized spacial score (nSPS) is 18.8. The fourth-order valence-corrected chi connectivity index (χ4v) is 2.78. The van der Waals surface area contributed by atoms with Crippen molar-refractivity contribution in [2.75, 3.05) is 0 Å². The molecule has 0 spiro atoms. The minimum absolute atomic E-state index is 0.271. The van der Waals surface area contributed by atoms with Gasteiger partial charge in [-0.05, 0) is 47.9 Å². The van der Waals surface area contributed by atoms with Crippen LogP contribution in [0.2, 0.25) is 0 Å². The predicted molar refractivity (Wildman–Crippen MR) is 71.5 cm³/mol. The second-order valence-corrected chi connectivity index (χ2v) is 5.05. The molecular weight excluding hydrogens is 222 g/mol. The molecule has 1 aliphatic rings. The summed E-state index contributed by atoms with van der Waals surface area (Å²) in [4.78, 5) is 4.08. The highest BCUT2D eigenvalue weighted by molar-refractivity contribution is 5.39. The van der Waals surface area contributed by atoms with Crippen LogP contribution in [-0.4, -0.2) is 16.2 Å². The van der Waals surface area contributed by atoms with Gasteiger partial charge in [0.05, 0.1) is 6.10 Å². The fraction of sp³-hybridized carbons (Fsp3) is 0.312. The predicted octanol–water partition coefficient (Wildman–Crippen LogP) is 2.72. The van der Waals surface area contributed by atoms with Gasteiger partial charge < -0.3 is 5.11 Å². The van der Waals surface area contributed by atoms with E-state index in [0.717, 1.165) is 18.4 Å². The quantitative estimate of drug-likeness (QED) is 0.890. The Kier molecular flexibility index (Phi) is 3.11. The zero-order valence-corrected chi connectivity index (χ0v) is 10.3. The van der Waals surface area contributed by atoms with Crippen molar-refractivity contribution in [3.63, 3.8) is 0 Å². The summed E-state index contributed by atoms with van der Waals surface area (Å²) in [6.45, 7) is 0. The smallest absolute Gasteiger partial charge is 0.0587 e. The summed E-state index contributed by atoms with van der Waals surface area (Å²) in [5, 5.41) is 10.1. The molecule has 2 aromatic rings. The average molecular weight is 239 g/mol. The van der Waals surface area contributed by atoms with Gasteiger partial charge in [-0.1, -0.05) is 30.3 Å². The topological polar surface area (TPSA) is 33.1 Å². The zero-order valence-electron chi connectivity index (χ0n) is 10.3. The molecule has 0 aliphatic heterocycles. The molecular formula is C16H17NO. The van der Waals surface area contributed by atoms with Crippen LogP contribution in [0.4, 0.5) is 0 Å². The van der Waals surface area contributed by atoms with E-state index in [9.17, 15) is 5.11 Å². The van der Waals surface area contributed by atoms with Gasteiger partial charge in [-0.3, -0.25) is 4.98 Å². The van der Waals surface area contributed by atoms with Crippen molar-refractivity contribution in [3.8, 4) is 0 Å². The molecule has 2 heteroatoms. The molecule has 2 atom stereocenters. The fourth-order valence-electron chi connectivity index (χ4n) is 2.78. The number of rotatable bonds is 4. The summed E-state index contributed by atoms with van der Waals surface area (Å²) in [6, 6.07) is 12.5. The molecule has 0 radical (unpaired) electrons. The van der Waals surface area contributed by atoms with E-state index >= 15 is 0 Å². The lowest BCUT2D eigenvalue weighted by molar-refractivity contribution is 0.151. The molecule has 3 rings (SSSR count). The number of fused-ring (bicyclic) bond motifs is 1. The molecule has 1 N–H and O–H groups in total. The van der Waals surface area contributed by atoms with Gasteiger partial charge in [-0.2, -0.15) is 0 Å². The van der Waals surface area contributed by atoms with Gasteiger partial charge in [-0.25, -0.2) is 0 Å². The molecule has 0 saturated heterocycles. The van der Waals surface area contributed by atoms with Crippen LogP contribution in [0.25, 0.3) is 0 Å². The number of aromatic nitrogens is 1. The van der Waals surface area contributed by atoms with E-state index in [-0.39, 0.29) is 6.10 Å². The summed E-state index contributed by atoms with van der Waals surface area (Å²) in [7, 11) is 0. The van der Waals surface area contributed by atoms with Crippen LogP contribution in [-0.2, 0) is 12.8 Å². The van der Waals surface area contributed by atoms with Gasteiger partial charge in [0.2, 0.25) is 0 Å². The average Bonchev–Trinajstić information content (AvgIpc) is 2.37. The Balaban J connectivity index is 1.59. The van der Waals surface area contributed by atoms with Crippen LogP contribution in [0.1, 0.15) is 29.0 Å². The van der Waals surface area contributed by atoms with Crippen LogP contribution in [0.5, 0.6) is 0 Å². The molecule has 18 heavy (non-hydrogen) atoms. The van der Waals surface area contributed by atoms with Crippen molar-refractivity contribution in [1.82, 2.24) is 4.98 Å². The molecule has 0 amide bonds. The number of hydrogen-bond donors (Lipinski definition) is 1. The van der Waals surface area contributed by atoms with Crippen LogP contribution >= 0.6 is 0 Å². The van der Waals surface area contributed by atoms with E-state index in [0.29, 0.717) is 12.3 Å². The number of hydrogen-bond acceptors (Lipinski definition) is 2. The Hall–Kier alpha value is -1.67. The van der Waals surface area contributed by atoms with Crippen LogP contribution < -0.4 is 0 Å². The Morgan fingerprint density at radius 2 is 2.11 bits per heavy atom. The van der Waals surface area contributed by atoms with Crippen molar-refractivity contribution >= 4 is 0 Å². The third-order valence-electron chi connectivity index (χ3n) is 3.71. The third-order valence-corrected chi connectivity index (χ3v) is 3.71. The Morgan fingerprint density at radius 3 is 2.89 bits per heavy atom. The molecule has 1 aromatic carbocycles. The van der Waals surface area contributed by atoms with Crippen molar-refractivity contribution in [2.24, 2.45) is 0 Å². The maximum atomic E-state index is 10.1. The maximum Gasteiger partial charge on any atom is 0.0587 e. The van der Waals surface area contributed by atoms with E-state index in [1.54, 1.807) is 6.20 Å². The van der Waals surface area contributed by atoms with Crippen LogP contribution in [0.3, 0.4) is 0 Å². The second kappa shape index (κ2) is 4.91. The lowest BCUT2D eigenvalue weighted by atomic mass is 9.74. The van der Waals surface area contributed by atoms with E-state index in [1.165, 1.54) is 11.1 Å². The molecule has 1 aromatic heterocycles. The van der Waals surface area contributed by atoms with Gasteiger partial charge in [0.25, 0.3) is 0 Å². The first-order valence-electron chi connectivity index (χ1n) is 6.47. The highest BCUT2D eigenvalue weighted by Crippen LogP contribution is 2.38. The number of benzene rings is 1. The lowest BCUT2D eigenvalue weighted by Gasteiger charge is -2.31. The van der Waals surface area contributed by atoms with E-state index < -0.39 is 0 Å². The van der Waals surface area contributed by atoms with Crippen molar-refractivity contribution in [1.29, 1.82) is 0 Å². The first kappa shape index (κ1) is 11.4. The molecule has 0 fully saturated rings. The minimum atomic E-state index is -0.271. The van der Waals surface area contributed by atoms with Gasteiger partial charge in [0.1, 0.15) is 0 Å². The monoisotopic (exact) mass is 239 g/mol. The molecule has 1 heterocycles. The Bertz CT molecular complexity index is 524. The summed E-state index contributed by atoms with van der Waals surface area (Å²) in [5.41, 5.74) is 3.97. The number of pyridine rings is 1. The zero-order chi connectivity index (χ0) is 12.4. The first-order chi connectivity index (χ1) is 8.83. The summed E-state index contributed by atoms with van der Waals surface area (Å²) in [6.07, 6.45) is 5.99.